The third kappa shape index (κ3) is 3.01. The smallest absolute Gasteiger partial charge is 0.1000 e. The molecule has 1 N–H and O–H groups in total. The Kier molecular flexibility index (Phi) is 3.60. The highest BCUT2D eigenvalue weighted by molar-refractivity contribution is 7.12. The van der Waals surface area contributed by atoms with E-state index < -0.39 is 5.60 Å². The van der Waals surface area contributed by atoms with Gasteiger partial charge in [0.15, 0.2) is 0 Å². The SMILES string of the molecule is Cc1cc(C)cc(CC(C)(O)c2ccc(C)s2)c1. The molecule has 2 heteroatoms. The molecule has 0 aliphatic carbocycles. The fourth-order valence-corrected chi connectivity index (χ4v) is 3.29. The lowest BCUT2D eigenvalue weighted by Crippen LogP contribution is -2.22. The zero-order valence-electron chi connectivity index (χ0n) is 11.4. The van der Waals surface area contributed by atoms with Gasteiger partial charge in [-0.2, -0.15) is 0 Å². The van der Waals surface area contributed by atoms with Gasteiger partial charge in [0.25, 0.3) is 0 Å². The lowest BCUT2D eigenvalue weighted by molar-refractivity contribution is 0.0615. The third-order valence-electron chi connectivity index (χ3n) is 3.10. The van der Waals surface area contributed by atoms with Crippen LogP contribution in [0.1, 0.15) is 33.4 Å². The summed E-state index contributed by atoms with van der Waals surface area (Å²) in [6.45, 7) is 8.16. The van der Waals surface area contributed by atoms with Gasteiger partial charge in [-0.05, 0) is 45.4 Å². The van der Waals surface area contributed by atoms with E-state index >= 15 is 0 Å². The minimum absolute atomic E-state index is 0.662. The molecule has 1 unspecified atom stereocenters. The number of benzene rings is 1. The third-order valence-corrected chi connectivity index (χ3v) is 4.35. The first-order valence-electron chi connectivity index (χ1n) is 6.23. The quantitative estimate of drug-likeness (QED) is 0.880. The molecule has 0 radical (unpaired) electrons. The van der Waals surface area contributed by atoms with Crippen molar-refractivity contribution in [1.29, 1.82) is 0 Å². The van der Waals surface area contributed by atoms with Crippen LogP contribution in [0.15, 0.2) is 30.3 Å². The van der Waals surface area contributed by atoms with E-state index in [2.05, 4.69) is 45.0 Å². The first-order valence-corrected chi connectivity index (χ1v) is 7.05. The number of aliphatic hydroxyl groups is 1. The maximum absolute atomic E-state index is 10.6. The number of rotatable bonds is 3. The van der Waals surface area contributed by atoms with Crippen molar-refractivity contribution >= 4 is 11.3 Å². The van der Waals surface area contributed by atoms with Crippen molar-refractivity contribution in [2.45, 2.75) is 39.7 Å². The highest BCUT2D eigenvalue weighted by Crippen LogP contribution is 2.31. The molecule has 0 aliphatic rings. The zero-order valence-corrected chi connectivity index (χ0v) is 12.3. The van der Waals surface area contributed by atoms with Crippen LogP contribution in [0.3, 0.4) is 0 Å². The highest BCUT2D eigenvalue weighted by atomic mass is 32.1. The Hall–Kier alpha value is -1.12. The molecule has 1 aromatic heterocycles. The van der Waals surface area contributed by atoms with Crippen LogP contribution >= 0.6 is 11.3 Å². The lowest BCUT2D eigenvalue weighted by atomic mass is 9.93. The first-order chi connectivity index (χ1) is 8.37. The lowest BCUT2D eigenvalue weighted by Gasteiger charge is -2.22. The van der Waals surface area contributed by atoms with E-state index in [1.54, 1.807) is 11.3 Å². The molecule has 0 aliphatic heterocycles. The summed E-state index contributed by atoms with van der Waals surface area (Å²) < 4.78 is 0. The van der Waals surface area contributed by atoms with Gasteiger partial charge in [0.2, 0.25) is 0 Å². The summed E-state index contributed by atoms with van der Waals surface area (Å²) in [7, 11) is 0. The van der Waals surface area contributed by atoms with Crippen LogP contribution in [0.2, 0.25) is 0 Å². The number of thiophene rings is 1. The summed E-state index contributed by atoms with van der Waals surface area (Å²) in [5.74, 6) is 0. The summed E-state index contributed by atoms with van der Waals surface area (Å²) in [6.07, 6.45) is 0.662. The Labute approximate surface area is 113 Å². The Balaban J connectivity index is 2.26. The topological polar surface area (TPSA) is 20.2 Å². The average molecular weight is 260 g/mol. The fourth-order valence-electron chi connectivity index (χ4n) is 2.38. The second-order valence-electron chi connectivity index (χ2n) is 5.36. The van der Waals surface area contributed by atoms with E-state index in [0.29, 0.717) is 6.42 Å². The second-order valence-corrected chi connectivity index (χ2v) is 6.64. The molecule has 1 aromatic carbocycles. The minimum atomic E-state index is -0.779. The predicted octanol–water partition coefficient (Wildman–Crippen LogP) is 4.12. The van der Waals surface area contributed by atoms with E-state index in [1.807, 2.05) is 13.0 Å². The fraction of sp³-hybridized carbons (Fsp3) is 0.375. The van der Waals surface area contributed by atoms with Crippen molar-refractivity contribution in [1.82, 2.24) is 0 Å². The maximum atomic E-state index is 10.6. The molecule has 96 valence electrons. The summed E-state index contributed by atoms with van der Waals surface area (Å²) in [5.41, 5.74) is 2.92. The standard InChI is InChI=1S/C16H20OS/c1-11-7-12(2)9-14(8-11)10-16(4,17)15-6-5-13(3)18-15/h5-9,17H,10H2,1-4H3. The average Bonchev–Trinajstić information content (AvgIpc) is 2.62. The van der Waals surface area contributed by atoms with Gasteiger partial charge >= 0.3 is 0 Å². The molecule has 1 heterocycles. The molecule has 1 atom stereocenters. The van der Waals surface area contributed by atoms with Crippen LogP contribution in [0.25, 0.3) is 0 Å². The summed E-state index contributed by atoms with van der Waals surface area (Å²) in [5, 5.41) is 10.6. The van der Waals surface area contributed by atoms with E-state index in [-0.39, 0.29) is 0 Å². The molecule has 2 rings (SSSR count). The van der Waals surface area contributed by atoms with Crippen LogP contribution in [0, 0.1) is 20.8 Å². The van der Waals surface area contributed by atoms with Crippen molar-refractivity contribution < 1.29 is 5.11 Å². The predicted molar refractivity (Wildman–Crippen MR) is 78.2 cm³/mol. The Morgan fingerprint density at radius 1 is 1.06 bits per heavy atom. The van der Waals surface area contributed by atoms with Gasteiger partial charge in [-0.3, -0.25) is 0 Å². The van der Waals surface area contributed by atoms with Crippen molar-refractivity contribution in [3.63, 3.8) is 0 Å². The second kappa shape index (κ2) is 4.87. The van der Waals surface area contributed by atoms with Crippen molar-refractivity contribution in [3.05, 3.63) is 56.8 Å². The van der Waals surface area contributed by atoms with Gasteiger partial charge in [0.05, 0.1) is 5.60 Å². The molecule has 0 fully saturated rings. The van der Waals surface area contributed by atoms with Crippen molar-refractivity contribution in [2.24, 2.45) is 0 Å². The summed E-state index contributed by atoms with van der Waals surface area (Å²) in [4.78, 5) is 2.28. The number of hydrogen-bond donors (Lipinski definition) is 1. The van der Waals surface area contributed by atoms with Gasteiger partial charge in [-0.25, -0.2) is 0 Å². The van der Waals surface area contributed by atoms with E-state index in [9.17, 15) is 5.11 Å². The van der Waals surface area contributed by atoms with Crippen molar-refractivity contribution in [2.75, 3.05) is 0 Å². The Morgan fingerprint density at radius 2 is 1.67 bits per heavy atom. The largest absolute Gasteiger partial charge is 0.384 e. The molecule has 0 saturated heterocycles. The van der Waals surface area contributed by atoms with Gasteiger partial charge in [-0.15, -0.1) is 11.3 Å². The molecule has 1 nitrogen and oxygen atoms in total. The molecule has 0 bridgehead atoms. The number of hydrogen-bond acceptors (Lipinski definition) is 2. The van der Waals surface area contributed by atoms with Gasteiger partial charge in [0.1, 0.15) is 0 Å². The molecule has 0 amide bonds. The molecular weight excluding hydrogens is 240 g/mol. The molecular formula is C16H20OS. The normalized spacial score (nSPS) is 14.5. The van der Waals surface area contributed by atoms with Gasteiger partial charge in [-0.1, -0.05) is 29.3 Å². The summed E-state index contributed by atoms with van der Waals surface area (Å²) in [6, 6.07) is 10.6. The van der Waals surface area contributed by atoms with Crippen molar-refractivity contribution in [3.8, 4) is 0 Å². The van der Waals surface area contributed by atoms with Crippen LogP contribution in [0.4, 0.5) is 0 Å². The van der Waals surface area contributed by atoms with E-state index in [1.165, 1.54) is 21.6 Å². The van der Waals surface area contributed by atoms with Gasteiger partial charge in [0, 0.05) is 16.2 Å². The molecule has 0 spiro atoms. The molecule has 0 saturated carbocycles. The Morgan fingerprint density at radius 3 is 2.17 bits per heavy atom. The van der Waals surface area contributed by atoms with Gasteiger partial charge < -0.3 is 5.11 Å². The van der Waals surface area contributed by atoms with Crippen LogP contribution in [-0.4, -0.2) is 5.11 Å². The number of aryl methyl sites for hydroxylation is 3. The van der Waals surface area contributed by atoms with Crippen LogP contribution in [0.5, 0.6) is 0 Å². The monoisotopic (exact) mass is 260 g/mol. The summed E-state index contributed by atoms with van der Waals surface area (Å²) >= 11 is 1.67. The van der Waals surface area contributed by atoms with Crippen LogP contribution < -0.4 is 0 Å². The van der Waals surface area contributed by atoms with Crippen LogP contribution in [-0.2, 0) is 12.0 Å². The molecule has 18 heavy (non-hydrogen) atoms. The minimum Gasteiger partial charge on any atom is -0.384 e. The first kappa shape index (κ1) is 13.3. The Bertz CT molecular complexity index is 532. The maximum Gasteiger partial charge on any atom is 0.1000 e. The van der Waals surface area contributed by atoms with E-state index in [0.717, 1.165) is 4.88 Å². The zero-order chi connectivity index (χ0) is 13.3. The van der Waals surface area contributed by atoms with E-state index in [4.69, 9.17) is 0 Å². The molecule has 2 aromatic rings. The highest BCUT2D eigenvalue weighted by Gasteiger charge is 2.25.